The van der Waals surface area contributed by atoms with Crippen molar-refractivity contribution in [3.63, 3.8) is 0 Å². The highest BCUT2D eigenvalue weighted by Crippen LogP contribution is 2.34. The molecule has 4 heterocycles. The standard InChI is InChI=1S/C45H50FN5O5/c46-37-29-41-43(47-30-37)50(39-6-3-5-36(28-39)34-11-7-33(8-12-34)31-49-21-4-24-55-25-22-49)45(54)51(44(41)53)38-15-9-32(10-16-38)27-42(52)35-13-17-40(18-14-35)56-26-23-48-19-1-2-20-48/h3,5-8,11-14,17-18,28-30,32,38H,1-2,4,9-10,15-16,19-27,31H2. The minimum absolute atomic E-state index is 0.0547. The summed E-state index contributed by atoms with van der Waals surface area (Å²) in [7, 11) is 0. The van der Waals surface area contributed by atoms with Gasteiger partial charge in [0, 0.05) is 50.8 Å². The molecule has 3 aromatic carbocycles. The van der Waals surface area contributed by atoms with Crippen LogP contribution in [-0.2, 0) is 11.3 Å². The van der Waals surface area contributed by atoms with Gasteiger partial charge in [-0.2, -0.15) is 0 Å². The first kappa shape index (κ1) is 37.9. The van der Waals surface area contributed by atoms with Crippen LogP contribution in [0.25, 0.3) is 27.8 Å². The van der Waals surface area contributed by atoms with Crippen LogP contribution in [0.5, 0.6) is 5.75 Å². The maximum Gasteiger partial charge on any atom is 0.337 e. The van der Waals surface area contributed by atoms with Crippen LogP contribution >= 0.6 is 0 Å². The average Bonchev–Trinajstić information content (AvgIpc) is 3.61. The summed E-state index contributed by atoms with van der Waals surface area (Å²) in [4.78, 5) is 50.7. The van der Waals surface area contributed by atoms with Gasteiger partial charge >= 0.3 is 5.69 Å². The lowest BCUT2D eigenvalue weighted by atomic mass is 9.82. The van der Waals surface area contributed by atoms with Gasteiger partial charge < -0.3 is 9.47 Å². The first-order valence-corrected chi connectivity index (χ1v) is 20.2. The van der Waals surface area contributed by atoms with E-state index in [9.17, 15) is 18.8 Å². The third-order valence-electron chi connectivity index (χ3n) is 11.7. The highest BCUT2D eigenvalue weighted by atomic mass is 19.1. The Hall–Kier alpha value is -4.97. The van der Waals surface area contributed by atoms with Crippen molar-refractivity contribution < 1.29 is 18.7 Å². The second kappa shape index (κ2) is 17.4. The van der Waals surface area contributed by atoms with E-state index < -0.39 is 17.1 Å². The summed E-state index contributed by atoms with van der Waals surface area (Å²) in [6.07, 6.45) is 7.47. The summed E-state index contributed by atoms with van der Waals surface area (Å²) in [5.74, 6) is 0.329. The van der Waals surface area contributed by atoms with Crippen LogP contribution < -0.4 is 16.0 Å². The van der Waals surface area contributed by atoms with Crippen molar-refractivity contribution >= 4 is 16.8 Å². The van der Waals surface area contributed by atoms with E-state index in [4.69, 9.17) is 9.47 Å². The van der Waals surface area contributed by atoms with Crippen molar-refractivity contribution in [1.29, 1.82) is 0 Å². The first-order valence-electron chi connectivity index (χ1n) is 20.2. The van der Waals surface area contributed by atoms with Gasteiger partial charge in [-0.05, 0) is 123 Å². The van der Waals surface area contributed by atoms with Crippen molar-refractivity contribution in [1.82, 2.24) is 23.9 Å². The van der Waals surface area contributed by atoms with Gasteiger partial charge in [0.05, 0.1) is 23.9 Å². The summed E-state index contributed by atoms with van der Waals surface area (Å²) in [6, 6.07) is 24.2. The number of hydrogen-bond acceptors (Lipinski definition) is 8. The van der Waals surface area contributed by atoms with E-state index in [0.717, 1.165) is 82.0 Å². The SMILES string of the molecule is O=C(CC1CCC(n2c(=O)c3cc(F)cnc3n(-c3cccc(-c4ccc(CN5CCCOCC5)cc4)c3)c2=O)CC1)c1ccc(OCCN2CCCC2)cc1. The highest BCUT2D eigenvalue weighted by Gasteiger charge is 2.29. The molecule has 292 valence electrons. The molecule has 1 saturated carbocycles. The van der Waals surface area contributed by atoms with Crippen LogP contribution in [0, 0.1) is 11.7 Å². The lowest BCUT2D eigenvalue weighted by Crippen LogP contribution is -2.43. The predicted molar refractivity (Wildman–Crippen MR) is 215 cm³/mol. The molecule has 11 heteroatoms. The lowest BCUT2D eigenvalue weighted by molar-refractivity contribution is 0.0943. The number of carbonyl (C=O) groups is 1. The van der Waals surface area contributed by atoms with Crippen molar-refractivity contribution in [2.45, 2.75) is 64.0 Å². The fourth-order valence-electron chi connectivity index (χ4n) is 8.60. The molecular weight excluding hydrogens is 710 g/mol. The van der Waals surface area contributed by atoms with E-state index >= 15 is 0 Å². The number of pyridine rings is 1. The van der Waals surface area contributed by atoms with E-state index in [-0.39, 0.29) is 28.8 Å². The fraction of sp³-hybridized carbons (Fsp3) is 0.422. The number of aromatic nitrogens is 3. The molecule has 0 atom stereocenters. The molecule has 0 N–H and O–H groups in total. The zero-order valence-corrected chi connectivity index (χ0v) is 31.9. The number of hydrogen-bond donors (Lipinski definition) is 0. The number of rotatable bonds is 12. The molecule has 2 aliphatic heterocycles. The number of likely N-dealkylation sites (tertiary alicyclic amines) is 1. The van der Waals surface area contributed by atoms with E-state index in [2.05, 4.69) is 39.0 Å². The third-order valence-corrected chi connectivity index (χ3v) is 11.7. The molecule has 2 saturated heterocycles. The average molecular weight is 760 g/mol. The molecule has 1 aliphatic carbocycles. The summed E-state index contributed by atoms with van der Waals surface area (Å²) in [5.41, 5.74) is 3.38. The maximum atomic E-state index is 14.6. The zero-order chi connectivity index (χ0) is 38.4. The third kappa shape index (κ3) is 8.70. The van der Waals surface area contributed by atoms with Gasteiger partial charge in [0.1, 0.15) is 18.2 Å². The Bertz CT molecular complexity index is 2250. The van der Waals surface area contributed by atoms with Crippen molar-refractivity contribution in [3.05, 3.63) is 123 Å². The monoisotopic (exact) mass is 759 g/mol. The van der Waals surface area contributed by atoms with Gasteiger partial charge in [0.15, 0.2) is 11.4 Å². The Kier molecular flexibility index (Phi) is 11.8. The predicted octanol–water partition coefficient (Wildman–Crippen LogP) is 7.05. The molecule has 2 aromatic heterocycles. The van der Waals surface area contributed by atoms with Gasteiger partial charge in [-0.3, -0.25) is 24.0 Å². The number of ketones is 1. The quantitative estimate of drug-likeness (QED) is 0.125. The Morgan fingerprint density at radius 2 is 1.59 bits per heavy atom. The minimum Gasteiger partial charge on any atom is -0.492 e. The molecule has 0 bridgehead atoms. The van der Waals surface area contributed by atoms with Crippen LogP contribution in [0.1, 0.15) is 73.3 Å². The van der Waals surface area contributed by atoms with Crippen LogP contribution in [0.15, 0.2) is 94.6 Å². The minimum atomic E-state index is -0.642. The molecule has 3 fully saturated rings. The van der Waals surface area contributed by atoms with Gasteiger partial charge in [-0.15, -0.1) is 0 Å². The Morgan fingerprint density at radius 1 is 0.821 bits per heavy atom. The number of carbonyl (C=O) groups excluding carboxylic acids is 1. The van der Waals surface area contributed by atoms with Crippen LogP contribution in [0.2, 0.25) is 0 Å². The molecule has 56 heavy (non-hydrogen) atoms. The second-order valence-electron chi connectivity index (χ2n) is 15.5. The van der Waals surface area contributed by atoms with Crippen LogP contribution in [-0.4, -0.2) is 82.2 Å². The number of nitrogens with zero attached hydrogens (tertiary/aromatic N) is 5. The summed E-state index contributed by atoms with van der Waals surface area (Å²) in [6.45, 7) is 8.15. The Morgan fingerprint density at radius 3 is 2.38 bits per heavy atom. The van der Waals surface area contributed by atoms with Crippen molar-refractivity contribution in [3.8, 4) is 22.6 Å². The topological polar surface area (TPSA) is 98.9 Å². The number of fused-ring (bicyclic) bond motifs is 1. The van der Waals surface area contributed by atoms with Gasteiger partial charge in [0.2, 0.25) is 0 Å². The number of Topliss-reactive ketones (excluding diaryl/α,β-unsaturated/α-hetero) is 1. The van der Waals surface area contributed by atoms with Gasteiger partial charge in [0.25, 0.3) is 5.56 Å². The molecule has 3 aliphatic rings. The van der Waals surface area contributed by atoms with E-state index in [1.165, 1.54) is 33.6 Å². The number of benzene rings is 3. The summed E-state index contributed by atoms with van der Waals surface area (Å²) >= 11 is 0. The van der Waals surface area contributed by atoms with Gasteiger partial charge in [-0.1, -0.05) is 36.4 Å². The molecule has 0 radical (unpaired) electrons. The Labute approximate surface area is 326 Å². The molecule has 0 amide bonds. The molecule has 0 unspecified atom stereocenters. The number of ether oxygens (including phenoxy) is 2. The molecule has 10 nitrogen and oxygen atoms in total. The first-order chi connectivity index (χ1) is 27.4. The molecule has 0 spiro atoms. The fourth-order valence-corrected chi connectivity index (χ4v) is 8.60. The van der Waals surface area contributed by atoms with Crippen molar-refractivity contribution in [2.75, 3.05) is 52.5 Å². The normalized spacial score (nSPS) is 19.6. The number of halogens is 1. The molecule has 5 aromatic rings. The lowest BCUT2D eigenvalue weighted by Gasteiger charge is -2.29. The smallest absolute Gasteiger partial charge is 0.337 e. The molecule has 8 rings (SSSR count). The molecular formula is C45H50FN5O5. The van der Waals surface area contributed by atoms with Gasteiger partial charge in [-0.25, -0.2) is 18.7 Å². The Balaban J connectivity index is 0.967. The zero-order valence-electron chi connectivity index (χ0n) is 31.9. The van der Waals surface area contributed by atoms with E-state index in [1.54, 1.807) is 0 Å². The van der Waals surface area contributed by atoms with Crippen LogP contribution in [0.3, 0.4) is 0 Å². The van der Waals surface area contributed by atoms with E-state index in [0.29, 0.717) is 50.0 Å². The maximum absolute atomic E-state index is 14.6. The van der Waals surface area contributed by atoms with E-state index in [1.807, 2.05) is 48.5 Å². The highest BCUT2D eigenvalue weighted by molar-refractivity contribution is 5.96. The second-order valence-corrected chi connectivity index (χ2v) is 15.5. The van der Waals surface area contributed by atoms with Crippen LogP contribution in [0.4, 0.5) is 4.39 Å². The largest absolute Gasteiger partial charge is 0.492 e. The van der Waals surface area contributed by atoms with Crippen molar-refractivity contribution in [2.24, 2.45) is 5.92 Å². The summed E-state index contributed by atoms with van der Waals surface area (Å²) in [5, 5.41) is 0.0547. The summed E-state index contributed by atoms with van der Waals surface area (Å²) < 4.78 is 28.9.